The fourth-order valence-corrected chi connectivity index (χ4v) is 1.45. The van der Waals surface area contributed by atoms with Crippen molar-refractivity contribution < 1.29 is 8.39 Å². The number of hydrogen-bond donors (Lipinski definition) is 1. The van der Waals surface area contributed by atoms with Gasteiger partial charge in [0.05, 0.1) is 0 Å². The molecule has 0 saturated heterocycles. The van der Waals surface area contributed by atoms with Crippen LogP contribution in [-0.4, -0.2) is 0 Å². The van der Waals surface area contributed by atoms with Crippen LogP contribution in [0.4, 0.5) is 0 Å². The zero-order valence-corrected chi connectivity index (χ0v) is 7.20. The molecule has 0 aliphatic carbocycles. The first-order valence-corrected chi connectivity index (χ1v) is 4.75. The Hall–Kier alpha value is -1.18. The van der Waals surface area contributed by atoms with Crippen molar-refractivity contribution in [2.24, 2.45) is 0 Å². The van der Waals surface area contributed by atoms with Crippen LogP contribution in [-0.2, 0) is 0 Å². The molecule has 1 heterocycles. The highest BCUT2D eigenvalue weighted by Gasteiger charge is 1.90. The Bertz CT molecular complexity index is 387. The molecular formula is C8H8NO2P. The van der Waals surface area contributed by atoms with E-state index in [1.165, 1.54) is 0 Å². The van der Waals surface area contributed by atoms with Crippen LogP contribution in [0.1, 0.15) is 0 Å². The molecule has 0 saturated carbocycles. The van der Waals surface area contributed by atoms with E-state index >= 15 is 0 Å². The smallest absolute Gasteiger partial charge is 0.302 e. The van der Waals surface area contributed by atoms with Crippen LogP contribution in [0.5, 0.6) is 0 Å². The number of rotatable bonds is 0. The van der Waals surface area contributed by atoms with E-state index in [9.17, 15) is 0 Å². The number of benzene rings is 1. The SMILES string of the molecule is Np1occ2ccccc2co1. The fourth-order valence-electron chi connectivity index (χ4n) is 0.968. The highest BCUT2D eigenvalue weighted by molar-refractivity contribution is 7.36. The molecule has 0 fully saturated rings. The Labute approximate surface area is 70.4 Å². The van der Waals surface area contributed by atoms with E-state index in [2.05, 4.69) is 0 Å². The molecule has 62 valence electrons. The highest BCUT2D eigenvalue weighted by Crippen LogP contribution is 2.19. The van der Waals surface area contributed by atoms with E-state index < -0.39 is 8.16 Å². The maximum atomic E-state index is 5.47. The molecule has 2 rings (SSSR count). The monoisotopic (exact) mass is 181 g/mol. The van der Waals surface area contributed by atoms with Gasteiger partial charge in [0.15, 0.2) is 0 Å². The lowest BCUT2D eigenvalue weighted by molar-refractivity contribution is 0.597. The third-order valence-corrected chi connectivity index (χ3v) is 2.19. The molecule has 2 N–H and O–H groups in total. The maximum absolute atomic E-state index is 5.47. The molecule has 0 aliphatic rings. The minimum Gasteiger partial charge on any atom is -0.416 e. The third kappa shape index (κ3) is 1.37. The molecule has 3 nitrogen and oxygen atoms in total. The quantitative estimate of drug-likeness (QED) is 0.679. The first kappa shape index (κ1) is 7.47. The predicted octanol–water partition coefficient (Wildman–Crippen LogP) is 2.85. The summed E-state index contributed by atoms with van der Waals surface area (Å²) in [6, 6.07) is 7.78. The number of fused-ring (bicyclic) bond motifs is 1. The van der Waals surface area contributed by atoms with E-state index in [1.807, 2.05) is 24.3 Å². The van der Waals surface area contributed by atoms with E-state index in [-0.39, 0.29) is 0 Å². The molecular weight excluding hydrogens is 173 g/mol. The van der Waals surface area contributed by atoms with Crippen molar-refractivity contribution in [1.82, 2.24) is 0 Å². The summed E-state index contributed by atoms with van der Waals surface area (Å²) in [6.07, 6.45) is 3.26. The zero-order valence-electron chi connectivity index (χ0n) is 6.31. The average molecular weight is 181 g/mol. The van der Waals surface area contributed by atoms with Crippen LogP contribution in [0.2, 0.25) is 0 Å². The average Bonchev–Trinajstić information content (AvgIpc) is 2.29. The maximum Gasteiger partial charge on any atom is 0.302 e. The lowest BCUT2D eigenvalue weighted by Crippen LogP contribution is -1.66. The first-order valence-electron chi connectivity index (χ1n) is 3.50. The van der Waals surface area contributed by atoms with E-state index in [0.717, 1.165) is 10.8 Å². The Morgan fingerprint density at radius 2 is 1.50 bits per heavy atom. The van der Waals surface area contributed by atoms with Crippen molar-refractivity contribution in [2.45, 2.75) is 0 Å². The lowest BCUT2D eigenvalue weighted by atomic mass is 10.2. The molecule has 4 heteroatoms. The van der Waals surface area contributed by atoms with E-state index in [4.69, 9.17) is 13.9 Å². The van der Waals surface area contributed by atoms with Crippen LogP contribution >= 0.6 is 8.16 Å². The molecule has 1 aromatic carbocycles. The number of hydrogen-bond acceptors (Lipinski definition) is 3. The van der Waals surface area contributed by atoms with Gasteiger partial charge in [-0.15, -0.1) is 0 Å². The Balaban J connectivity index is 2.85. The van der Waals surface area contributed by atoms with Crippen LogP contribution in [0, 0.1) is 0 Å². The minimum atomic E-state index is -1.28. The first-order chi connectivity index (χ1) is 5.86. The van der Waals surface area contributed by atoms with Gasteiger partial charge >= 0.3 is 8.16 Å². The molecule has 12 heavy (non-hydrogen) atoms. The van der Waals surface area contributed by atoms with Crippen molar-refractivity contribution in [3.05, 3.63) is 36.8 Å². The van der Waals surface area contributed by atoms with Crippen molar-refractivity contribution in [3.8, 4) is 0 Å². The summed E-state index contributed by atoms with van der Waals surface area (Å²) in [5.41, 5.74) is 5.47. The van der Waals surface area contributed by atoms with Crippen molar-refractivity contribution in [2.75, 3.05) is 5.50 Å². The minimum absolute atomic E-state index is 0.993. The van der Waals surface area contributed by atoms with Crippen molar-refractivity contribution >= 4 is 18.9 Å². The summed E-state index contributed by atoms with van der Waals surface area (Å²) in [5, 5.41) is 1.99. The molecule has 0 aliphatic heterocycles. The fraction of sp³-hybridized carbons (Fsp3) is 0. The summed E-state index contributed by atoms with van der Waals surface area (Å²) >= 11 is 0. The summed E-state index contributed by atoms with van der Waals surface area (Å²) in [4.78, 5) is 0. The second kappa shape index (κ2) is 3.05. The van der Waals surface area contributed by atoms with Crippen LogP contribution < -0.4 is 5.50 Å². The zero-order chi connectivity index (χ0) is 8.39. The number of nitrogen functional groups attached to an aromatic ring is 1. The van der Waals surface area contributed by atoms with Crippen molar-refractivity contribution in [3.63, 3.8) is 0 Å². The van der Waals surface area contributed by atoms with Gasteiger partial charge in [0, 0.05) is 10.8 Å². The third-order valence-electron chi connectivity index (χ3n) is 1.56. The molecule has 2 aromatic rings. The van der Waals surface area contributed by atoms with Crippen LogP contribution in [0.15, 0.2) is 45.2 Å². The van der Waals surface area contributed by atoms with Gasteiger partial charge in [0.25, 0.3) is 0 Å². The molecule has 0 atom stereocenters. The Morgan fingerprint density at radius 3 is 2.00 bits per heavy atom. The van der Waals surface area contributed by atoms with Crippen LogP contribution in [0.25, 0.3) is 10.8 Å². The van der Waals surface area contributed by atoms with Gasteiger partial charge in [0.2, 0.25) is 0 Å². The second-order valence-electron chi connectivity index (χ2n) is 2.36. The van der Waals surface area contributed by atoms with E-state index in [0.29, 0.717) is 0 Å². The van der Waals surface area contributed by atoms with Crippen molar-refractivity contribution in [1.29, 1.82) is 0 Å². The van der Waals surface area contributed by atoms with Gasteiger partial charge in [-0.05, 0) is 0 Å². The molecule has 0 amide bonds. The predicted molar refractivity (Wildman–Crippen MR) is 49.0 cm³/mol. The van der Waals surface area contributed by atoms with Gasteiger partial charge in [-0.1, -0.05) is 24.3 Å². The molecule has 1 aromatic heterocycles. The summed E-state index contributed by atoms with van der Waals surface area (Å²) in [5.74, 6) is 0. The molecule has 0 radical (unpaired) electrons. The van der Waals surface area contributed by atoms with Crippen LogP contribution in [0.3, 0.4) is 0 Å². The molecule has 0 spiro atoms. The van der Waals surface area contributed by atoms with Gasteiger partial charge in [0.1, 0.15) is 12.5 Å². The topological polar surface area (TPSA) is 52.3 Å². The largest absolute Gasteiger partial charge is 0.416 e. The standard InChI is InChI=1S/C8H8NO2P/c9-12-10-5-7-3-1-2-4-8(7)6-11-12/h1-6H,9H2. The second-order valence-corrected chi connectivity index (χ2v) is 3.35. The summed E-state index contributed by atoms with van der Waals surface area (Å²) < 4.78 is 10.2. The lowest BCUT2D eigenvalue weighted by Gasteiger charge is -1.85. The van der Waals surface area contributed by atoms with Gasteiger partial charge in [-0.2, -0.15) is 0 Å². The van der Waals surface area contributed by atoms with Gasteiger partial charge < -0.3 is 8.39 Å². The molecule has 0 bridgehead atoms. The van der Waals surface area contributed by atoms with Gasteiger partial charge in [-0.3, -0.25) is 0 Å². The normalized spacial score (nSPS) is 10.1. The van der Waals surface area contributed by atoms with Gasteiger partial charge in [-0.25, -0.2) is 5.50 Å². The molecule has 0 unspecified atom stereocenters. The summed E-state index contributed by atoms with van der Waals surface area (Å²) in [6.45, 7) is 0. The van der Waals surface area contributed by atoms with E-state index in [1.54, 1.807) is 12.5 Å². The summed E-state index contributed by atoms with van der Waals surface area (Å²) in [7, 11) is -1.28. The highest BCUT2D eigenvalue weighted by atomic mass is 31.1. The Kier molecular flexibility index (Phi) is 1.90. The Morgan fingerprint density at radius 1 is 1.00 bits per heavy atom. The number of nitrogens with two attached hydrogens (primary N) is 1.